The van der Waals surface area contributed by atoms with Gasteiger partial charge in [0.05, 0.1) is 33.3 Å². The van der Waals surface area contributed by atoms with Crippen molar-refractivity contribution in [1.82, 2.24) is 9.66 Å². The molecule has 8 heteroatoms. The molecule has 0 saturated carbocycles. The molecule has 0 fully saturated rings. The Bertz CT molecular complexity index is 1170. The standard InChI is InChI=1S/C23H24BrCl2N3O2/c1-5-13(3)22-28-20-8-7-16(24)11-17(20)23(30)29(22)27-12-15-9-18(25)21(19(26)10-15)31-14(4)6-2/h7-14H,5-6H2,1-4H3/t13-,14+/m0/s1. The third kappa shape index (κ3) is 5.30. The lowest BCUT2D eigenvalue weighted by Gasteiger charge is -2.16. The minimum absolute atomic E-state index is 0.00539. The summed E-state index contributed by atoms with van der Waals surface area (Å²) < 4.78 is 7.97. The Kier molecular flexibility index (Phi) is 7.78. The molecular weight excluding hydrogens is 501 g/mol. The molecule has 2 atom stereocenters. The molecule has 2 aromatic carbocycles. The topological polar surface area (TPSA) is 56.5 Å². The molecular formula is C23H24BrCl2N3O2. The molecule has 1 heterocycles. The minimum Gasteiger partial charge on any atom is -0.488 e. The van der Waals surface area contributed by atoms with Crippen LogP contribution in [0.5, 0.6) is 5.75 Å². The van der Waals surface area contributed by atoms with E-state index in [4.69, 9.17) is 32.9 Å². The predicted octanol–water partition coefficient (Wildman–Crippen LogP) is 7.04. The first-order chi connectivity index (χ1) is 14.7. The van der Waals surface area contributed by atoms with Crippen LogP contribution in [0.1, 0.15) is 57.8 Å². The Hall–Kier alpha value is -1.89. The van der Waals surface area contributed by atoms with Gasteiger partial charge in [0.2, 0.25) is 0 Å². The highest BCUT2D eigenvalue weighted by atomic mass is 79.9. The van der Waals surface area contributed by atoms with E-state index in [9.17, 15) is 4.79 Å². The fraction of sp³-hybridized carbons (Fsp3) is 0.348. The van der Waals surface area contributed by atoms with Crippen LogP contribution >= 0.6 is 39.1 Å². The van der Waals surface area contributed by atoms with Gasteiger partial charge in [-0.2, -0.15) is 9.78 Å². The van der Waals surface area contributed by atoms with E-state index >= 15 is 0 Å². The monoisotopic (exact) mass is 523 g/mol. The number of hydrogen-bond acceptors (Lipinski definition) is 4. The Morgan fingerprint density at radius 2 is 1.84 bits per heavy atom. The van der Waals surface area contributed by atoms with E-state index in [0.29, 0.717) is 38.1 Å². The molecule has 1 aromatic heterocycles. The van der Waals surface area contributed by atoms with Crippen LogP contribution in [0, 0.1) is 0 Å². The Balaban J connectivity index is 2.08. The second kappa shape index (κ2) is 10.2. The minimum atomic E-state index is -0.230. The lowest BCUT2D eigenvalue weighted by molar-refractivity contribution is 0.218. The summed E-state index contributed by atoms with van der Waals surface area (Å²) in [6.07, 6.45) is 3.21. The van der Waals surface area contributed by atoms with Crippen molar-refractivity contribution >= 4 is 56.2 Å². The number of fused-ring (bicyclic) bond motifs is 1. The van der Waals surface area contributed by atoms with Gasteiger partial charge in [-0.3, -0.25) is 4.79 Å². The molecule has 0 N–H and O–H groups in total. The summed E-state index contributed by atoms with van der Waals surface area (Å²) >= 11 is 16.2. The van der Waals surface area contributed by atoms with E-state index in [-0.39, 0.29) is 17.6 Å². The highest BCUT2D eigenvalue weighted by Crippen LogP contribution is 2.35. The maximum Gasteiger partial charge on any atom is 0.282 e. The maximum atomic E-state index is 13.2. The number of aromatic nitrogens is 2. The zero-order valence-corrected chi connectivity index (χ0v) is 20.9. The number of nitrogens with zero attached hydrogens (tertiary/aromatic N) is 3. The number of hydrogen-bond donors (Lipinski definition) is 0. The van der Waals surface area contributed by atoms with Gasteiger partial charge in [-0.05, 0) is 55.7 Å². The fourth-order valence-corrected chi connectivity index (χ4v) is 3.91. The zero-order chi connectivity index (χ0) is 22.7. The summed E-state index contributed by atoms with van der Waals surface area (Å²) in [4.78, 5) is 17.9. The van der Waals surface area contributed by atoms with Gasteiger partial charge >= 0.3 is 0 Å². The summed E-state index contributed by atoms with van der Waals surface area (Å²) in [7, 11) is 0. The van der Waals surface area contributed by atoms with Crippen molar-refractivity contribution in [2.24, 2.45) is 5.10 Å². The molecule has 0 bridgehead atoms. The third-order valence-electron chi connectivity index (χ3n) is 5.12. The maximum absolute atomic E-state index is 13.2. The van der Waals surface area contributed by atoms with Crippen molar-refractivity contribution in [3.8, 4) is 5.75 Å². The van der Waals surface area contributed by atoms with Crippen molar-refractivity contribution in [3.63, 3.8) is 0 Å². The van der Waals surface area contributed by atoms with Crippen LogP contribution in [0.3, 0.4) is 0 Å². The van der Waals surface area contributed by atoms with E-state index in [1.807, 2.05) is 39.8 Å². The average molecular weight is 525 g/mol. The average Bonchev–Trinajstić information content (AvgIpc) is 2.75. The van der Waals surface area contributed by atoms with E-state index in [1.165, 1.54) is 4.68 Å². The molecule has 0 saturated heterocycles. The number of benzene rings is 2. The van der Waals surface area contributed by atoms with Crippen molar-refractivity contribution in [3.05, 3.63) is 66.6 Å². The number of rotatable bonds is 7. The van der Waals surface area contributed by atoms with Crippen molar-refractivity contribution < 1.29 is 4.74 Å². The molecule has 5 nitrogen and oxygen atoms in total. The van der Waals surface area contributed by atoms with Crippen LogP contribution in [0.25, 0.3) is 10.9 Å². The molecule has 0 aliphatic carbocycles. The predicted molar refractivity (Wildman–Crippen MR) is 132 cm³/mol. The molecule has 0 spiro atoms. The second-order valence-corrected chi connectivity index (χ2v) is 9.18. The number of ether oxygens (including phenoxy) is 1. The number of halogens is 3. The van der Waals surface area contributed by atoms with E-state index in [0.717, 1.165) is 17.3 Å². The van der Waals surface area contributed by atoms with Gasteiger partial charge in [0.25, 0.3) is 5.56 Å². The van der Waals surface area contributed by atoms with Gasteiger partial charge in [-0.25, -0.2) is 4.98 Å². The van der Waals surface area contributed by atoms with Crippen molar-refractivity contribution in [1.29, 1.82) is 0 Å². The van der Waals surface area contributed by atoms with Crippen LogP contribution in [0.2, 0.25) is 10.0 Å². The quantitative estimate of drug-likeness (QED) is 0.311. The lowest BCUT2D eigenvalue weighted by atomic mass is 10.1. The lowest BCUT2D eigenvalue weighted by Crippen LogP contribution is -2.23. The summed E-state index contributed by atoms with van der Waals surface area (Å²) in [6, 6.07) is 8.89. The van der Waals surface area contributed by atoms with E-state index in [1.54, 1.807) is 24.4 Å². The molecule has 0 unspecified atom stereocenters. The molecule has 0 radical (unpaired) electrons. The first-order valence-corrected chi connectivity index (χ1v) is 11.7. The highest BCUT2D eigenvalue weighted by Gasteiger charge is 2.16. The van der Waals surface area contributed by atoms with Gasteiger partial charge in [0, 0.05) is 10.4 Å². The molecule has 0 amide bonds. The summed E-state index contributed by atoms with van der Waals surface area (Å²) in [6.45, 7) is 8.05. The van der Waals surface area contributed by atoms with Gasteiger partial charge in [-0.15, -0.1) is 0 Å². The summed E-state index contributed by atoms with van der Waals surface area (Å²) in [5, 5.41) is 5.74. The van der Waals surface area contributed by atoms with Gasteiger partial charge in [0.1, 0.15) is 5.82 Å². The molecule has 31 heavy (non-hydrogen) atoms. The molecule has 3 rings (SSSR count). The Morgan fingerprint density at radius 1 is 1.16 bits per heavy atom. The Morgan fingerprint density at radius 3 is 2.45 bits per heavy atom. The van der Waals surface area contributed by atoms with Crippen LogP contribution < -0.4 is 10.3 Å². The first kappa shape index (κ1) is 23.8. The van der Waals surface area contributed by atoms with E-state index in [2.05, 4.69) is 21.0 Å². The van der Waals surface area contributed by atoms with Gasteiger partial charge < -0.3 is 4.74 Å². The Labute approximate surface area is 200 Å². The highest BCUT2D eigenvalue weighted by molar-refractivity contribution is 9.10. The van der Waals surface area contributed by atoms with Crippen molar-refractivity contribution in [2.45, 2.75) is 52.6 Å². The van der Waals surface area contributed by atoms with Crippen LogP contribution in [-0.2, 0) is 0 Å². The smallest absolute Gasteiger partial charge is 0.282 e. The van der Waals surface area contributed by atoms with Crippen LogP contribution in [-0.4, -0.2) is 22.0 Å². The fourth-order valence-electron chi connectivity index (χ4n) is 2.95. The first-order valence-electron chi connectivity index (χ1n) is 10.2. The van der Waals surface area contributed by atoms with Crippen molar-refractivity contribution in [2.75, 3.05) is 0 Å². The SMILES string of the molecule is CC[C@@H](C)Oc1c(Cl)cc(C=Nn2c([C@@H](C)CC)nc3ccc(Br)cc3c2=O)cc1Cl. The van der Waals surface area contributed by atoms with E-state index < -0.39 is 0 Å². The molecule has 3 aromatic rings. The second-order valence-electron chi connectivity index (χ2n) is 7.45. The summed E-state index contributed by atoms with van der Waals surface area (Å²) in [5.74, 6) is 1.10. The molecule has 0 aliphatic rings. The zero-order valence-electron chi connectivity index (χ0n) is 17.8. The summed E-state index contributed by atoms with van der Waals surface area (Å²) in [5.41, 5.74) is 1.07. The molecule has 0 aliphatic heterocycles. The normalized spacial score (nSPS) is 13.6. The third-order valence-corrected chi connectivity index (χ3v) is 6.18. The van der Waals surface area contributed by atoms with Gasteiger partial charge in [-0.1, -0.05) is 59.9 Å². The van der Waals surface area contributed by atoms with Crippen LogP contribution in [0.4, 0.5) is 0 Å². The van der Waals surface area contributed by atoms with Crippen LogP contribution in [0.15, 0.2) is 44.7 Å². The van der Waals surface area contributed by atoms with Gasteiger partial charge in [0.15, 0.2) is 5.75 Å². The molecule has 164 valence electrons. The largest absolute Gasteiger partial charge is 0.488 e.